The lowest BCUT2D eigenvalue weighted by Gasteiger charge is -2.17. The fraction of sp³-hybridized carbons (Fsp3) is 0.235. The summed E-state index contributed by atoms with van der Waals surface area (Å²) in [6.07, 6.45) is 2.02. The Morgan fingerprint density at radius 3 is 2.80 bits per heavy atom. The van der Waals surface area contributed by atoms with Crippen molar-refractivity contribution in [3.05, 3.63) is 52.1 Å². The minimum atomic E-state index is -0.387. The van der Waals surface area contributed by atoms with E-state index in [2.05, 4.69) is 11.1 Å². The number of thiazole rings is 1. The van der Waals surface area contributed by atoms with Gasteiger partial charge in [0.05, 0.1) is 22.2 Å². The number of hydrogen-bond donors (Lipinski definition) is 0. The van der Waals surface area contributed by atoms with Gasteiger partial charge in [0.15, 0.2) is 5.13 Å². The molecule has 0 aliphatic heterocycles. The average molecular weight is 375 g/mol. The molecule has 0 atom stereocenters. The number of methoxy groups -OCH3 is 1. The summed E-state index contributed by atoms with van der Waals surface area (Å²) in [4.78, 5) is 18.2. The molecule has 1 aromatic heterocycles. The van der Waals surface area contributed by atoms with Crippen LogP contribution in [-0.2, 0) is 6.54 Å². The Morgan fingerprint density at radius 1 is 1.32 bits per heavy atom. The number of ether oxygens (including phenoxy) is 1. The van der Waals surface area contributed by atoms with Gasteiger partial charge in [0.25, 0.3) is 5.69 Å². The Labute approximate surface area is 153 Å². The van der Waals surface area contributed by atoms with Crippen LogP contribution in [0.5, 0.6) is 5.75 Å². The number of rotatable bonds is 6. The summed E-state index contributed by atoms with van der Waals surface area (Å²) < 4.78 is 6.24. The van der Waals surface area contributed by atoms with Crippen LogP contribution in [0.2, 0.25) is 0 Å². The molecule has 130 valence electrons. The highest BCUT2D eigenvalue weighted by Crippen LogP contribution is 2.33. The summed E-state index contributed by atoms with van der Waals surface area (Å²) in [7, 11) is 3.63. The quantitative estimate of drug-likeness (QED) is 0.357. The molecule has 0 saturated heterocycles. The molecule has 0 N–H and O–H groups in total. The summed E-state index contributed by atoms with van der Waals surface area (Å²) in [5, 5.41) is 11.7. The molecule has 0 spiro atoms. The maximum atomic E-state index is 10.9. The Hall–Kier alpha value is -2.32. The predicted molar refractivity (Wildman–Crippen MR) is 103 cm³/mol. The van der Waals surface area contributed by atoms with Gasteiger partial charge < -0.3 is 9.64 Å². The molecule has 0 radical (unpaired) electrons. The molecule has 0 saturated carbocycles. The first-order chi connectivity index (χ1) is 12.0. The van der Waals surface area contributed by atoms with Gasteiger partial charge in [0.1, 0.15) is 5.75 Å². The van der Waals surface area contributed by atoms with Crippen LogP contribution in [0, 0.1) is 10.1 Å². The van der Waals surface area contributed by atoms with Gasteiger partial charge in [-0.1, -0.05) is 17.4 Å². The lowest BCUT2D eigenvalue weighted by atomic mass is 10.2. The van der Waals surface area contributed by atoms with Crippen LogP contribution >= 0.6 is 23.1 Å². The number of non-ortho nitro benzene ring substituents is 1. The first-order valence-corrected chi connectivity index (χ1v) is 9.53. The smallest absolute Gasteiger partial charge is 0.270 e. The summed E-state index contributed by atoms with van der Waals surface area (Å²) >= 11 is 3.10. The zero-order chi connectivity index (χ0) is 18.0. The molecule has 1 heterocycles. The van der Waals surface area contributed by atoms with Crippen molar-refractivity contribution >= 4 is 44.1 Å². The van der Waals surface area contributed by atoms with E-state index >= 15 is 0 Å². The van der Waals surface area contributed by atoms with Gasteiger partial charge in [-0.25, -0.2) is 4.98 Å². The van der Waals surface area contributed by atoms with E-state index in [9.17, 15) is 10.1 Å². The number of nitro groups is 1. The van der Waals surface area contributed by atoms with Crippen LogP contribution in [0.15, 0.2) is 41.3 Å². The van der Waals surface area contributed by atoms with Crippen LogP contribution in [0.3, 0.4) is 0 Å². The lowest BCUT2D eigenvalue weighted by molar-refractivity contribution is -0.384. The van der Waals surface area contributed by atoms with Gasteiger partial charge in [-0.3, -0.25) is 10.1 Å². The molecule has 0 aliphatic rings. The topological polar surface area (TPSA) is 68.5 Å². The van der Waals surface area contributed by atoms with Gasteiger partial charge in [-0.2, -0.15) is 0 Å². The van der Waals surface area contributed by atoms with Crippen molar-refractivity contribution in [2.24, 2.45) is 0 Å². The van der Waals surface area contributed by atoms with Crippen molar-refractivity contribution < 1.29 is 9.66 Å². The second kappa shape index (κ2) is 7.28. The van der Waals surface area contributed by atoms with E-state index in [-0.39, 0.29) is 10.6 Å². The van der Waals surface area contributed by atoms with Gasteiger partial charge in [0.2, 0.25) is 0 Å². The summed E-state index contributed by atoms with van der Waals surface area (Å²) in [5.41, 5.74) is 1.97. The van der Waals surface area contributed by atoms with E-state index in [4.69, 9.17) is 4.74 Å². The van der Waals surface area contributed by atoms with Crippen molar-refractivity contribution in [1.29, 1.82) is 0 Å². The number of nitro benzene ring substituents is 1. The van der Waals surface area contributed by atoms with E-state index in [0.29, 0.717) is 6.54 Å². The molecule has 3 rings (SSSR count). The predicted octanol–water partition coefficient (Wildman–Crippen LogP) is 4.57. The number of hydrogen-bond acceptors (Lipinski definition) is 7. The van der Waals surface area contributed by atoms with Crippen LogP contribution in [0.25, 0.3) is 10.2 Å². The molecular weight excluding hydrogens is 358 g/mol. The Balaban J connectivity index is 1.84. The molecule has 0 unspecified atom stereocenters. The third kappa shape index (κ3) is 3.69. The summed E-state index contributed by atoms with van der Waals surface area (Å²) in [6.45, 7) is 0.674. The normalized spacial score (nSPS) is 10.8. The molecule has 0 fully saturated rings. The van der Waals surface area contributed by atoms with Gasteiger partial charge >= 0.3 is 0 Å². The van der Waals surface area contributed by atoms with Gasteiger partial charge in [0, 0.05) is 30.6 Å². The van der Waals surface area contributed by atoms with E-state index in [1.165, 1.54) is 17.4 Å². The van der Waals surface area contributed by atoms with Crippen molar-refractivity contribution in [3.63, 3.8) is 0 Å². The maximum Gasteiger partial charge on any atom is 0.270 e. The minimum absolute atomic E-state index is 0.0859. The minimum Gasteiger partial charge on any atom is -0.496 e. The van der Waals surface area contributed by atoms with Crippen LogP contribution in [0.1, 0.15) is 5.56 Å². The largest absolute Gasteiger partial charge is 0.496 e. The first kappa shape index (κ1) is 17.5. The monoisotopic (exact) mass is 375 g/mol. The van der Waals surface area contributed by atoms with Gasteiger partial charge in [-0.05, 0) is 30.0 Å². The summed E-state index contributed by atoms with van der Waals surface area (Å²) in [6, 6.07) is 10.9. The third-order valence-corrected chi connectivity index (χ3v) is 5.68. The number of anilines is 1. The van der Waals surface area contributed by atoms with Gasteiger partial charge in [-0.15, -0.1) is 11.8 Å². The third-order valence-electron chi connectivity index (χ3n) is 3.77. The molecule has 0 bridgehead atoms. The van der Waals surface area contributed by atoms with Crippen molar-refractivity contribution in [3.8, 4) is 5.75 Å². The average Bonchev–Trinajstić information content (AvgIpc) is 3.04. The van der Waals surface area contributed by atoms with E-state index in [1.54, 1.807) is 31.0 Å². The molecule has 0 aliphatic carbocycles. The molecule has 3 aromatic rings. The highest BCUT2D eigenvalue weighted by Gasteiger charge is 2.13. The standard InChI is InChI=1S/C17H17N3O3S2/c1-19(10-11-4-7-15(24-3)14(8-11)23-2)17-18-13-6-5-12(20(21)22)9-16(13)25-17/h4-9H,10H2,1-3H3. The molecule has 0 amide bonds. The van der Waals surface area contributed by atoms with Crippen molar-refractivity contribution in [2.45, 2.75) is 11.4 Å². The number of benzene rings is 2. The number of fused-ring (bicyclic) bond motifs is 1. The van der Waals surface area contributed by atoms with Crippen molar-refractivity contribution in [2.75, 3.05) is 25.3 Å². The van der Waals surface area contributed by atoms with Crippen LogP contribution < -0.4 is 9.64 Å². The number of nitrogens with zero attached hydrogens (tertiary/aromatic N) is 3. The molecular formula is C17H17N3O3S2. The second-order valence-electron chi connectivity index (χ2n) is 5.45. The zero-order valence-electron chi connectivity index (χ0n) is 14.1. The Kier molecular flexibility index (Phi) is 5.10. The van der Waals surface area contributed by atoms with Crippen molar-refractivity contribution in [1.82, 2.24) is 4.98 Å². The lowest BCUT2D eigenvalue weighted by Crippen LogP contribution is -2.16. The maximum absolute atomic E-state index is 10.9. The fourth-order valence-corrected chi connectivity index (χ4v) is 4.01. The molecule has 8 heteroatoms. The first-order valence-electron chi connectivity index (χ1n) is 7.49. The Bertz CT molecular complexity index is 927. The van der Waals surface area contributed by atoms with E-state index in [0.717, 1.165) is 31.6 Å². The van der Waals surface area contributed by atoms with E-state index in [1.807, 2.05) is 30.3 Å². The highest BCUT2D eigenvalue weighted by molar-refractivity contribution is 7.98. The molecule has 6 nitrogen and oxygen atoms in total. The zero-order valence-corrected chi connectivity index (χ0v) is 15.7. The Morgan fingerprint density at radius 2 is 2.12 bits per heavy atom. The molecule has 25 heavy (non-hydrogen) atoms. The molecule has 2 aromatic carbocycles. The summed E-state index contributed by atoms with van der Waals surface area (Å²) in [5.74, 6) is 0.860. The van der Waals surface area contributed by atoms with E-state index < -0.39 is 0 Å². The number of thioether (sulfide) groups is 1. The van der Waals surface area contributed by atoms with Crippen LogP contribution in [0.4, 0.5) is 10.8 Å². The fourth-order valence-electron chi connectivity index (χ4n) is 2.50. The van der Waals surface area contributed by atoms with Crippen LogP contribution in [-0.4, -0.2) is 30.3 Å². The second-order valence-corrected chi connectivity index (χ2v) is 7.31. The highest BCUT2D eigenvalue weighted by atomic mass is 32.2. The SMILES string of the molecule is COc1cc(CN(C)c2nc3ccc([N+](=O)[O-])cc3s2)ccc1SC. The number of aromatic nitrogens is 1.